The Morgan fingerprint density at radius 1 is 0.818 bits per heavy atom. The second-order valence-electron chi connectivity index (χ2n) is 10.6. The minimum absolute atomic E-state index is 0.0936. The molecule has 0 saturated carbocycles. The summed E-state index contributed by atoms with van der Waals surface area (Å²) in [6.45, 7) is 8.94. The summed E-state index contributed by atoms with van der Waals surface area (Å²) in [7, 11) is 0. The average Bonchev–Trinajstić information content (AvgIpc) is 3.06. The van der Waals surface area contributed by atoms with E-state index in [0.29, 0.717) is 38.7 Å². The van der Waals surface area contributed by atoms with Gasteiger partial charge in [-0.05, 0) is 76.5 Å². The highest BCUT2D eigenvalue weighted by atomic mass is 35.5. The van der Waals surface area contributed by atoms with Crippen LogP contribution in [-0.4, -0.2) is 30.0 Å². The predicted octanol–water partition coefficient (Wildman–Crippen LogP) is 7.24. The van der Waals surface area contributed by atoms with Crippen LogP contribution in [0, 0.1) is 0 Å². The normalized spacial score (nSPS) is 22.0. The fraction of sp³-hybridized carbons (Fsp3) is 0.538. The molecular formula is C26H30Cl4O3. The summed E-state index contributed by atoms with van der Waals surface area (Å²) in [4.78, 5) is 0. The maximum absolute atomic E-state index is 9.33. The molecular weight excluding hydrogens is 502 g/mol. The molecule has 1 unspecified atom stereocenters. The third-order valence-electron chi connectivity index (χ3n) is 7.28. The lowest BCUT2D eigenvalue weighted by Crippen LogP contribution is -2.27. The number of ether oxygens (including phenoxy) is 1. The van der Waals surface area contributed by atoms with Crippen molar-refractivity contribution in [2.45, 2.75) is 69.6 Å². The van der Waals surface area contributed by atoms with Crippen LogP contribution < -0.4 is 4.74 Å². The quantitative estimate of drug-likeness (QED) is 0.412. The summed E-state index contributed by atoms with van der Waals surface area (Å²) in [6, 6.07) is 4.06. The highest BCUT2D eigenvalue weighted by Crippen LogP contribution is 2.66. The van der Waals surface area contributed by atoms with E-state index < -0.39 is 0 Å². The van der Waals surface area contributed by atoms with Crippen LogP contribution in [0.1, 0.15) is 74.8 Å². The van der Waals surface area contributed by atoms with E-state index in [2.05, 4.69) is 33.8 Å². The van der Waals surface area contributed by atoms with Crippen LogP contribution in [0.25, 0.3) is 0 Å². The van der Waals surface area contributed by atoms with Crippen molar-refractivity contribution in [2.75, 3.05) is 19.8 Å². The van der Waals surface area contributed by atoms with Crippen LogP contribution in [-0.2, 0) is 22.7 Å². The lowest BCUT2D eigenvalue weighted by atomic mass is 9.72. The van der Waals surface area contributed by atoms with Crippen LogP contribution in [0.2, 0.25) is 20.1 Å². The number of aliphatic hydroxyl groups is 2. The van der Waals surface area contributed by atoms with Crippen LogP contribution in [0.3, 0.4) is 0 Å². The first-order chi connectivity index (χ1) is 15.4. The minimum Gasteiger partial charge on any atom is -0.488 e. The molecule has 33 heavy (non-hydrogen) atoms. The number of hydrogen-bond acceptors (Lipinski definition) is 3. The summed E-state index contributed by atoms with van der Waals surface area (Å²) in [5.41, 5.74) is 4.54. The summed E-state index contributed by atoms with van der Waals surface area (Å²) in [5, 5.41) is 20.8. The van der Waals surface area contributed by atoms with Crippen molar-refractivity contribution in [3.63, 3.8) is 0 Å². The molecule has 0 aromatic heterocycles. The second-order valence-corrected chi connectivity index (χ2v) is 12.2. The zero-order valence-electron chi connectivity index (χ0n) is 19.4. The Balaban J connectivity index is 1.98. The molecule has 7 heteroatoms. The van der Waals surface area contributed by atoms with Crippen LogP contribution in [0.4, 0.5) is 0 Å². The van der Waals surface area contributed by atoms with Crippen molar-refractivity contribution in [1.82, 2.24) is 0 Å². The Kier molecular flexibility index (Phi) is 6.75. The summed E-state index contributed by atoms with van der Waals surface area (Å²) in [6.07, 6.45) is 2.94. The Hall–Kier alpha value is -0.680. The topological polar surface area (TPSA) is 49.7 Å². The molecule has 0 radical (unpaired) electrons. The molecule has 0 saturated heterocycles. The zero-order valence-corrected chi connectivity index (χ0v) is 22.4. The van der Waals surface area contributed by atoms with Gasteiger partial charge in [-0.25, -0.2) is 0 Å². The van der Waals surface area contributed by atoms with E-state index in [1.165, 1.54) is 0 Å². The van der Waals surface area contributed by atoms with E-state index in [1.807, 2.05) is 6.07 Å². The molecule has 2 aliphatic carbocycles. The van der Waals surface area contributed by atoms with Gasteiger partial charge in [-0.15, -0.1) is 0 Å². The third-order valence-corrected chi connectivity index (χ3v) is 8.68. The smallest absolute Gasteiger partial charge is 0.156 e. The first kappa shape index (κ1) is 25.4. The fourth-order valence-electron chi connectivity index (χ4n) is 6.38. The molecule has 0 amide bonds. The molecule has 2 aromatic carbocycles. The Morgan fingerprint density at radius 2 is 1.36 bits per heavy atom. The maximum atomic E-state index is 9.33. The first-order valence-electron chi connectivity index (χ1n) is 11.3. The van der Waals surface area contributed by atoms with Crippen molar-refractivity contribution in [3.8, 4) is 5.75 Å². The zero-order chi connectivity index (χ0) is 24.3. The molecule has 0 fully saturated rings. The number of halogens is 4. The van der Waals surface area contributed by atoms with Crippen molar-refractivity contribution in [1.29, 1.82) is 0 Å². The SMILES string of the molecule is CC1(C)CC2(CC(C)(C)c3c2cc(Cl)c(OCCO)c3Cl)c2cc(Cl)c(CCCO)c(Cl)c21. The van der Waals surface area contributed by atoms with E-state index in [0.717, 1.165) is 40.7 Å². The average molecular weight is 532 g/mol. The van der Waals surface area contributed by atoms with Crippen molar-refractivity contribution < 1.29 is 14.9 Å². The number of rotatable bonds is 6. The summed E-state index contributed by atoms with van der Waals surface area (Å²) in [5.74, 6) is 0.421. The number of hydrogen-bond donors (Lipinski definition) is 2. The Labute approximate surface area is 216 Å². The second kappa shape index (κ2) is 8.76. The molecule has 2 N–H and O–H groups in total. The standard InChI is InChI=1S/C26H30Cl4O3/c1-24(2)12-26(15-10-17(27)14(6-5-7-31)21(29)19(15)24)13-25(3,4)20-16(26)11-18(28)23(22(20)30)33-9-8-32/h10-11,31-32H,5-9,12-13H2,1-4H3. The van der Waals surface area contributed by atoms with Gasteiger partial charge < -0.3 is 14.9 Å². The van der Waals surface area contributed by atoms with Gasteiger partial charge in [0.05, 0.1) is 16.7 Å². The van der Waals surface area contributed by atoms with Gasteiger partial charge >= 0.3 is 0 Å². The minimum atomic E-state index is -0.330. The van der Waals surface area contributed by atoms with E-state index in [4.69, 9.17) is 51.1 Å². The van der Waals surface area contributed by atoms with Gasteiger partial charge in [0.1, 0.15) is 6.61 Å². The molecule has 2 aliphatic rings. The molecule has 0 heterocycles. The van der Waals surface area contributed by atoms with E-state index in [9.17, 15) is 10.2 Å². The molecule has 1 spiro atoms. The van der Waals surface area contributed by atoms with Gasteiger partial charge in [0.25, 0.3) is 0 Å². The van der Waals surface area contributed by atoms with Crippen LogP contribution in [0.5, 0.6) is 5.75 Å². The molecule has 4 rings (SSSR count). The predicted molar refractivity (Wildman–Crippen MR) is 137 cm³/mol. The van der Waals surface area contributed by atoms with Gasteiger partial charge in [-0.1, -0.05) is 74.1 Å². The first-order valence-corrected chi connectivity index (χ1v) is 12.8. The van der Waals surface area contributed by atoms with Gasteiger partial charge in [0.15, 0.2) is 5.75 Å². The number of benzene rings is 2. The molecule has 0 aliphatic heterocycles. The number of aliphatic hydroxyl groups excluding tert-OH is 2. The van der Waals surface area contributed by atoms with E-state index in [-0.39, 0.29) is 36.1 Å². The third kappa shape index (κ3) is 3.88. The highest BCUT2D eigenvalue weighted by molar-refractivity contribution is 6.38. The van der Waals surface area contributed by atoms with E-state index in [1.54, 1.807) is 0 Å². The van der Waals surface area contributed by atoms with Crippen molar-refractivity contribution in [2.24, 2.45) is 0 Å². The molecule has 1 atom stereocenters. The molecule has 0 bridgehead atoms. The molecule has 3 nitrogen and oxygen atoms in total. The Bertz CT molecular complexity index is 1020. The van der Waals surface area contributed by atoms with Crippen molar-refractivity contribution >= 4 is 46.4 Å². The maximum Gasteiger partial charge on any atom is 0.156 e. The number of fused-ring (bicyclic) bond motifs is 4. The lowest BCUT2D eigenvalue weighted by molar-refractivity contribution is 0.201. The molecule has 2 aromatic rings. The fourth-order valence-corrected chi connectivity index (χ4v) is 8.10. The van der Waals surface area contributed by atoms with Gasteiger partial charge in [0, 0.05) is 22.1 Å². The summed E-state index contributed by atoms with van der Waals surface area (Å²) >= 11 is 27.4. The van der Waals surface area contributed by atoms with Crippen molar-refractivity contribution in [3.05, 3.63) is 60.0 Å². The monoisotopic (exact) mass is 530 g/mol. The lowest BCUT2D eigenvalue weighted by Gasteiger charge is -2.30. The largest absolute Gasteiger partial charge is 0.488 e. The van der Waals surface area contributed by atoms with Crippen LogP contribution in [0.15, 0.2) is 12.1 Å². The van der Waals surface area contributed by atoms with Crippen LogP contribution >= 0.6 is 46.4 Å². The summed E-state index contributed by atoms with van der Waals surface area (Å²) < 4.78 is 5.71. The molecule has 180 valence electrons. The Morgan fingerprint density at radius 3 is 1.91 bits per heavy atom. The van der Waals surface area contributed by atoms with Gasteiger partial charge in [-0.3, -0.25) is 0 Å². The van der Waals surface area contributed by atoms with Gasteiger partial charge in [-0.2, -0.15) is 0 Å². The van der Waals surface area contributed by atoms with E-state index >= 15 is 0 Å². The van der Waals surface area contributed by atoms with Gasteiger partial charge in [0.2, 0.25) is 0 Å². The highest BCUT2D eigenvalue weighted by Gasteiger charge is 2.58.